The van der Waals surface area contributed by atoms with Gasteiger partial charge in [-0.15, -0.1) is 0 Å². The van der Waals surface area contributed by atoms with Crippen LogP contribution in [0, 0.1) is 0 Å². The zero-order valence-corrected chi connectivity index (χ0v) is 17.7. The summed E-state index contributed by atoms with van der Waals surface area (Å²) in [6.07, 6.45) is -0.0632. The third-order valence-electron chi connectivity index (χ3n) is 5.33. The molecule has 6 nitrogen and oxygen atoms in total. The summed E-state index contributed by atoms with van der Waals surface area (Å²) < 4.78 is 0. The van der Waals surface area contributed by atoms with E-state index in [-0.39, 0.29) is 31.8 Å². The van der Waals surface area contributed by atoms with Gasteiger partial charge in [0.05, 0.1) is 18.4 Å². The van der Waals surface area contributed by atoms with Gasteiger partial charge in [-0.05, 0) is 16.7 Å². The lowest BCUT2D eigenvalue weighted by Crippen LogP contribution is -2.41. The predicted octanol–water partition coefficient (Wildman–Crippen LogP) is 3.12. The van der Waals surface area contributed by atoms with Crippen LogP contribution in [0.25, 0.3) is 0 Å². The lowest BCUT2D eigenvalue weighted by molar-refractivity contribution is -0.137. The normalized spacial score (nSPS) is 10.9. The quantitative estimate of drug-likeness (QED) is 0.431. The molecule has 164 valence electrons. The maximum absolute atomic E-state index is 13.1. The van der Waals surface area contributed by atoms with E-state index in [0.717, 1.165) is 16.7 Å². The number of aliphatic carboxylic acids is 1. The standard InChI is InChI=1S/C26H26N2O4/c29-23(28-19-24(30)27-17-16-25(31)32)18-26(20-10-4-1-5-11-20,21-12-6-2-7-13-21)22-14-8-3-9-15-22/h1-15H,16-19H2,(H,27,30)(H,28,29)(H,31,32). The molecular formula is C26H26N2O4. The second-order valence-corrected chi connectivity index (χ2v) is 7.45. The van der Waals surface area contributed by atoms with Crippen LogP contribution >= 0.6 is 0 Å². The monoisotopic (exact) mass is 430 g/mol. The van der Waals surface area contributed by atoms with E-state index in [9.17, 15) is 14.4 Å². The van der Waals surface area contributed by atoms with Gasteiger partial charge in [0.1, 0.15) is 0 Å². The van der Waals surface area contributed by atoms with Crippen LogP contribution in [-0.4, -0.2) is 36.0 Å². The molecule has 0 aliphatic carbocycles. The van der Waals surface area contributed by atoms with Crippen molar-refractivity contribution in [1.29, 1.82) is 0 Å². The van der Waals surface area contributed by atoms with Crippen LogP contribution in [0.15, 0.2) is 91.0 Å². The van der Waals surface area contributed by atoms with Gasteiger partial charge in [0.15, 0.2) is 0 Å². The summed E-state index contributed by atoms with van der Waals surface area (Å²) in [5, 5.41) is 13.9. The van der Waals surface area contributed by atoms with Crippen molar-refractivity contribution in [3.63, 3.8) is 0 Å². The smallest absolute Gasteiger partial charge is 0.305 e. The number of carboxylic acids is 1. The summed E-state index contributed by atoms with van der Waals surface area (Å²) in [5.41, 5.74) is 2.17. The second kappa shape index (κ2) is 10.9. The highest BCUT2D eigenvalue weighted by molar-refractivity contribution is 5.86. The number of carbonyl (C=O) groups excluding carboxylic acids is 2. The first-order chi connectivity index (χ1) is 15.5. The van der Waals surface area contributed by atoms with E-state index >= 15 is 0 Å². The molecule has 2 amide bonds. The minimum atomic E-state index is -0.993. The summed E-state index contributed by atoms with van der Waals surface area (Å²) in [5.74, 6) is -1.70. The van der Waals surface area contributed by atoms with E-state index in [1.165, 1.54) is 0 Å². The van der Waals surface area contributed by atoms with Crippen LogP contribution < -0.4 is 10.6 Å². The predicted molar refractivity (Wildman–Crippen MR) is 122 cm³/mol. The highest BCUT2D eigenvalue weighted by atomic mass is 16.4. The van der Waals surface area contributed by atoms with Gasteiger partial charge < -0.3 is 15.7 Å². The van der Waals surface area contributed by atoms with Gasteiger partial charge in [0.25, 0.3) is 0 Å². The molecule has 0 aliphatic rings. The summed E-state index contributed by atoms with van der Waals surface area (Å²) >= 11 is 0. The Labute approximate surface area is 187 Å². The molecule has 0 saturated heterocycles. The van der Waals surface area contributed by atoms with Gasteiger partial charge in [0, 0.05) is 13.0 Å². The number of hydrogen-bond acceptors (Lipinski definition) is 3. The molecule has 6 heteroatoms. The third-order valence-corrected chi connectivity index (χ3v) is 5.33. The summed E-state index contributed by atoms with van der Waals surface area (Å²) in [6.45, 7) is -0.196. The largest absolute Gasteiger partial charge is 0.481 e. The Hall–Kier alpha value is -3.93. The van der Waals surface area contributed by atoms with E-state index in [2.05, 4.69) is 10.6 Å². The molecule has 0 radical (unpaired) electrons. The first-order valence-corrected chi connectivity index (χ1v) is 10.4. The molecule has 0 aromatic heterocycles. The Morgan fingerprint density at radius 1 is 0.656 bits per heavy atom. The zero-order valence-electron chi connectivity index (χ0n) is 17.7. The molecule has 3 aromatic carbocycles. The molecule has 0 saturated carbocycles. The van der Waals surface area contributed by atoms with Crippen LogP contribution in [0.3, 0.4) is 0 Å². The van der Waals surface area contributed by atoms with Crippen LogP contribution in [0.1, 0.15) is 29.5 Å². The van der Waals surface area contributed by atoms with E-state index < -0.39 is 17.3 Å². The maximum Gasteiger partial charge on any atom is 0.305 e. The fraction of sp³-hybridized carbons (Fsp3) is 0.192. The van der Waals surface area contributed by atoms with Crippen LogP contribution in [0.4, 0.5) is 0 Å². The molecule has 0 heterocycles. The van der Waals surface area contributed by atoms with Crippen molar-refractivity contribution in [2.45, 2.75) is 18.3 Å². The zero-order chi connectivity index (χ0) is 22.8. The molecule has 0 bridgehead atoms. The Morgan fingerprint density at radius 2 is 1.09 bits per heavy atom. The maximum atomic E-state index is 13.1. The van der Waals surface area contributed by atoms with E-state index in [4.69, 9.17) is 5.11 Å². The fourth-order valence-corrected chi connectivity index (χ4v) is 3.83. The lowest BCUT2D eigenvalue weighted by atomic mass is 9.67. The molecule has 3 N–H and O–H groups in total. The second-order valence-electron chi connectivity index (χ2n) is 7.45. The average Bonchev–Trinajstić information content (AvgIpc) is 2.83. The van der Waals surface area contributed by atoms with Gasteiger partial charge in [-0.1, -0.05) is 91.0 Å². The van der Waals surface area contributed by atoms with Gasteiger partial charge in [0.2, 0.25) is 11.8 Å². The van der Waals surface area contributed by atoms with E-state index in [1.54, 1.807) is 0 Å². The molecular weight excluding hydrogens is 404 g/mol. The lowest BCUT2D eigenvalue weighted by Gasteiger charge is -2.35. The number of nitrogens with one attached hydrogen (secondary N) is 2. The van der Waals surface area contributed by atoms with Crippen molar-refractivity contribution < 1.29 is 19.5 Å². The summed E-state index contributed by atoms with van der Waals surface area (Å²) in [6, 6.07) is 29.5. The molecule has 0 spiro atoms. The number of carboxylic acid groups (broad SMARTS) is 1. The van der Waals surface area contributed by atoms with Crippen molar-refractivity contribution >= 4 is 17.8 Å². The van der Waals surface area contributed by atoms with Gasteiger partial charge in [-0.3, -0.25) is 14.4 Å². The third kappa shape index (κ3) is 5.60. The molecule has 0 fully saturated rings. The Balaban J connectivity index is 1.89. The highest BCUT2D eigenvalue weighted by Crippen LogP contribution is 2.42. The van der Waals surface area contributed by atoms with Crippen molar-refractivity contribution in [2.24, 2.45) is 0 Å². The first-order valence-electron chi connectivity index (χ1n) is 10.4. The number of benzene rings is 3. The van der Waals surface area contributed by atoms with Crippen molar-refractivity contribution in [3.8, 4) is 0 Å². The van der Waals surface area contributed by atoms with Gasteiger partial charge >= 0.3 is 5.97 Å². The molecule has 3 rings (SSSR count). The number of carbonyl (C=O) groups is 3. The molecule has 3 aromatic rings. The van der Waals surface area contributed by atoms with E-state index in [1.807, 2.05) is 91.0 Å². The minimum Gasteiger partial charge on any atom is -0.481 e. The molecule has 0 unspecified atom stereocenters. The number of rotatable bonds is 10. The first kappa shape index (κ1) is 22.7. The summed E-state index contributed by atoms with van der Waals surface area (Å²) in [4.78, 5) is 35.7. The van der Waals surface area contributed by atoms with Gasteiger partial charge in [-0.2, -0.15) is 0 Å². The summed E-state index contributed by atoms with van der Waals surface area (Å²) in [7, 11) is 0. The molecule has 0 atom stereocenters. The average molecular weight is 431 g/mol. The minimum absolute atomic E-state index is 0.0199. The SMILES string of the molecule is O=C(O)CCNC(=O)CNC(=O)CC(c1ccccc1)(c1ccccc1)c1ccccc1. The Morgan fingerprint density at radius 3 is 1.50 bits per heavy atom. The number of amides is 2. The molecule has 32 heavy (non-hydrogen) atoms. The van der Waals surface area contributed by atoms with Crippen LogP contribution in [-0.2, 0) is 19.8 Å². The van der Waals surface area contributed by atoms with Gasteiger partial charge in [-0.25, -0.2) is 0 Å². The van der Waals surface area contributed by atoms with E-state index in [0.29, 0.717) is 0 Å². The van der Waals surface area contributed by atoms with Crippen LogP contribution in [0.2, 0.25) is 0 Å². The highest BCUT2D eigenvalue weighted by Gasteiger charge is 2.38. The van der Waals surface area contributed by atoms with Crippen molar-refractivity contribution in [3.05, 3.63) is 108 Å². The Kier molecular flexibility index (Phi) is 7.75. The number of hydrogen-bond donors (Lipinski definition) is 3. The van der Waals surface area contributed by atoms with Crippen molar-refractivity contribution in [2.75, 3.05) is 13.1 Å². The van der Waals surface area contributed by atoms with Crippen LogP contribution in [0.5, 0.6) is 0 Å². The van der Waals surface area contributed by atoms with Crippen molar-refractivity contribution in [1.82, 2.24) is 10.6 Å². The topological polar surface area (TPSA) is 95.5 Å². The fourth-order valence-electron chi connectivity index (χ4n) is 3.83. The Bertz CT molecular complexity index is 941. The molecule has 0 aliphatic heterocycles.